The summed E-state index contributed by atoms with van der Waals surface area (Å²) < 4.78 is 40.9. The molecule has 1 aliphatic carbocycles. The van der Waals surface area contributed by atoms with Crippen LogP contribution >= 0.6 is 0 Å². The molecular weight excluding hydrogens is 269 g/mol. The fraction of sp³-hybridized carbons (Fsp3) is 1.00. The highest BCUT2D eigenvalue weighted by Crippen LogP contribution is 2.33. The van der Waals surface area contributed by atoms with Crippen LogP contribution in [0.1, 0.15) is 39.0 Å². The molecule has 1 N–H and O–H groups in total. The van der Waals surface area contributed by atoms with Crippen LogP contribution in [-0.4, -0.2) is 55.5 Å². The number of ether oxygens (including phenoxy) is 1. The molecule has 1 unspecified atom stereocenters. The third-order valence-corrected chi connectivity index (χ3v) is 4.56. The fourth-order valence-corrected chi connectivity index (χ4v) is 3.46. The fourth-order valence-electron chi connectivity index (χ4n) is 3.46. The van der Waals surface area contributed by atoms with Crippen molar-refractivity contribution < 1.29 is 17.9 Å². The van der Waals surface area contributed by atoms with Crippen molar-refractivity contribution in [2.75, 3.05) is 32.8 Å². The molecule has 1 saturated carbocycles. The lowest BCUT2D eigenvalue weighted by Gasteiger charge is -2.46. The van der Waals surface area contributed by atoms with Crippen LogP contribution in [0.2, 0.25) is 0 Å². The van der Waals surface area contributed by atoms with Gasteiger partial charge < -0.3 is 10.1 Å². The molecule has 0 aromatic rings. The van der Waals surface area contributed by atoms with E-state index in [-0.39, 0.29) is 12.1 Å². The van der Waals surface area contributed by atoms with Crippen molar-refractivity contribution in [2.24, 2.45) is 0 Å². The Kier molecular flexibility index (Phi) is 5.31. The molecule has 0 radical (unpaired) electrons. The summed E-state index contributed by atoms with van der Waals surface area (Å²) in [5, 5.41) is 3.68. The zero-order valence-corrected chi connectivity index (χ0v) is 12.1. The van der Waals surface area contributed by atoms with Crippen molar-refractivity contribution in [1.82, 2.24) is 10.2 Å². The van der Waals surface area contributed by atoms with Crippen LogP contribution in [0.4, 0.5) is 13.2 Å². The van der Waals surface area contributed by atoms with Crippen LogP contribution in [0.15, 0.2) is 0 Å². The van der Waals surface area contributed by atoms with E-state index < -0.39 is 12.8 Å². The number of hydrogen-bond donors (Lipinski definition) is 1. The van der Waals surface area contributed by atoms with E-state index in [1.165, 1.54) is 25.7 Å². The van der Waals surface area contributed by atoms with Crippen molar-refractivity contribution >= 4 is 0 Å². The van der Waals surface area contributed by atoms with E-state index in [1.807, 2.05) is 0 Å². The van der Waals surface area contributed by atoms with Crippen molar-refractivity contribution in [3.8, 4) is 0 Å². The molecule has 2 aliphatic rings. The Hall–Kier alpha value is -0.330. The summed E-state index contributed by atoms with van der Waals surface area (Å²) in [5.41, 5.74) is 0.204. The standard InChI is InChI=1S/C14H25F3N2O/c1-2-12-9-18-13(5-3-4-6-13)10-19(12)7-8-20-11-14(15,16)17/h12,18H,2-11H2,1H3. The van der Waals surface area contributed by atoms with Crippen molar-refractivity contribution in [1.29, 1.82) is 0 Å². The van der Waals surface area contributed by atoms with E-state index in [4.69, 9.17) is 4.74 Å². The van der Waals surface area contributed by atoms with Crippen molar-refractivity contribution in [2.45, 2.75) is 56.8 Å². The predicted molar refractivity (Wildman–Crippen MR) is 71.7 cm³/mol. The van der Waals surface area contributed by atoms with Gasteiger partial charge in [-0.05, 0) is 19.3 Å². The number of nitrogens with one attached hydrogen (secondary N) is 1. The van der Waals surface area contributed by atoms with Gasteiger partial charge in [0.25, 0.3) is 0 Å². The maximum atomic E-state index is 12.1. The van der Waals surface area contributed by atoms with Crippen LogP contribution < -0.4 is 5.32 Å². The Labute approximate surface area is 118 Å². The summed E-state index contributed by atoms with van der Waals surface area (Å²) >= 11 is 0. The Morgan fingerprint density at radius 3 is 2.60 bits per heavy atom. The molecule has 118 valence electrons. The second-order valence-electron chi connectivity index (χ2n) is 6.07. The van der Waals surface area contributed by atoms with Crippen LogP contribution in [0, 0.1) is 0 Å². The van der Waals surface area contributed by atoms with Crippen LogP contribution in [0.25, 0.3) is 0 Å². The number of rotatable bonds is 5. The molecule has 0 amide bonds. The normalized spacial score (nSPS) is 27.3. The van der Waals surface area contributed by atoms with Crippen LogP contribution in [0.3, 0.4) is 0 Å². The second kappa shape index (κ2) is 6.62. The molecule has 2 rings (SSSR count). The van der Waals surface area contributed by atoms with Gasteiger partial charge >= 0.3 is 6.18 Å². The quantitative estimate of drug-likeness (QED) is 0.789. The Morgan fingerprint density at radius 2 is 2.00 bits per heavy atom. The predicted octanol–water partition coefficient (Wildman–Crippen LogP) is 2.56. The third kappa shape index (κ3) is 4.33. The van der Waals surface area contributed by atoms with Gasteiger partial charge in [-0.2, -0.15) is 13.2 Å². The number of alkyl halides is 3. The van der Waals surface area contributed by atoms with Crippen LogP contribution in [-0.2, 0) is 4.74 Å². The summed E-state index contributed by atoms with van der Waals surface area (Å²) in [4.78, 5) is 2.32. The molecule has 20 heavy (non-hydrogen) atoms. The molecule has 2 fully saturated rings. The molecule has 6 heteroatoms. The number of halogens is 3. The SMILES string of the molecule is CCC1CNC2(CCCC2)CN1CCOCC(F)(F)F. The smallest absolute Gasteiger partial charge is 0.371 e. The molecule has 0 aromatic heterocycles. The minimum Gasteiger partial charge on any atom is -0.371 e. The van der Waals surface area contributed by atoms with Crippen molar-refractivity contribution in [3.63, 3.8) is 0 Å². The summed E-state index contributed by atoms with van der Waals surface area (Å²) in [5.74, 6) is 0. The van der Waals surface area contributed by atoms with E-state index in [1.54, 1.807) is 0 Å². The van der Waals surface area contributed by atoms with Gasteiger partial charge in [0.1, 0.15) is 6.61 Å². The van der Waals surface area contributed by atoms with Crippen LogP contribution in [0.5, 0.6) is 0 Å². The van der Waals surface area contributed by atoms with Gasteiger partial charge in [-0.15, -0.1) is 0 Å². The largest absolute Gasteiger partial charge is 0.411 e. The van der Waals surface area contributed by atoms with Gasteiger partial charge in [0.15, 0.2) is 0 Å². The van der Waals surface area contributed by atoms with Gasteiger partial charge in [0.05, 0.1) is 6.61 Å². The lowest BCUT2D eigenvalue weighted by Crippen LogP contribution is -2.63. The first-order valence-electron chi connectivity index (χ1n) is 7.58. The highest BCUT2D eigenvalue weighted by Gasteiger charge is 2.40. The third-order valence-electron chi connectivity index (χ3n) is 4.56. The van der Waals surface area contributed by atoms with E-state index in [0.717, 1.165) is 19.5 Å². The zero-order valence-electron chi connectivity index (χ0n) is 12.1. The van der Waals surface area contributed by atoms with E-state index in [9.17, 15) is 13.2 Å². The summed E-state index contributed by atoms with van der Waals surface area (Å²) in [7, 11) is 0. The molecule has 1 saturated heterocycles. The number of nitrogens with zero attached hydrogens (tertiary/aromatic N) is 1. The van der Waals surface area contributed by atoms with E-state index in [2.05, 4.69) is 17.1 Å². The van der Waals surface area contributed by atoms with Gasteiger partial charge in [0.2, 0.25) is 0 Å². The summed E-state index contributed by atoms with van der Waals surface area (Å²) in [6.45, 7) is 3.63. The van der Waals surface area contributed by atoms with Gasteiger partial charge in [-0.1, -0.05) is 19.8 Å². The Bertz CT molecular complexity index is 303. The molecule has 1 heterocycles. The lowest BCUT2D eigenvalue weighted by atomic mass is 9.92. The highest BCUT2D eigenvalue weighted by molar-refractivity contribution is 5.00. The topological polar surface area (TPSA) is 24.5 Å². The van der Waals surface area contributed by atoms with Crippen molar-refractivity contribution in [3.05, 3.63) is 0 Å². The van der Waals surface area contributed by atoms with Gasteiger partial charge in [0, 0.05) is 31.2 Å². The van der Waals surface area contributed by atoms with E-state index in [0.29, 0.717) is 12.6 Å². The Balaban J connectivity index is 1.80. The monoisotopic (exact) mass is 294 g/mol. The lowest BCUT2D eigenvalue weighted by molar-refractivity contribution is -0.175. The average molecular weight is 294 g/mol. The molecule has 1 spiro atoms. The highest BCUT2D eigenvalue weighted by atomic mass is 19.4. The molecule has 0 bridgehead atoms. The van der Waals surface area contributed by atoms with Gasteiger partial charge in [-0.3, -0.25) is 4.90 Å². The molecule has 3 nitrogen and oxygen atoms in total. The Morgan fingerprint density at radius 1 is 1.30 bits per heavy atom. The first kappa shape index (κ1) is 16.0. The second-order valence-corrected chi connectivity index (χ2v) is 6.07. The minimum atomic E-state index is -4.22. The van der Waals surface area contributed by atoms with E-state index >= 15 is 0 Å². The molecule has 0 aromatic carbocycles. The summed E-state index contributed by atoms with van der Waals surface area (Å²) in [6.07, 6.45) is 1.67. The first-order chi connectivity index (χ1) is 9.44. The molecular formula is C14H25F3N2O. The minimum absolute atomic E-state index is 0.159. The zero-order chi connectivity index (χ0) is 14.6. The first-order valence-corrected chi connectivity index (χ1v) is 7.58. The summed E-state index contributed by atoms with van der Waals surface area (Å²) in [6, 6.07) is 0.413. The maximum absolute atomic E-state index is 12.1. The number of piperazine rings is 1. The molecule has 1 aliphatic heterocycles. The molecule has 1 atom stereocenters. The van der Waals surface area contributed by atoms with Gasteiger partial charge in [-0.25, -0.2) is 0 Å². The average Bonchev–Trinajstić information content (AvgIpc) is 2.82. The maximum Gasteiger partial charge on any atom is 0.411 e. The number of hydrogen-bond acceptors (Lipinski definition) is 3.